The number of esters is 1. The molecule has 2 rings (SSSR count). The molecule has 17 heavy (non-hydrogen) atoms. The van der Waals surface area contributed by atoms with Crippen molar-refractivity contribution in [2.75, 3.05) is 7.11 Å². The van der Waals surface area contributed by atoms with Crippen LogP contribution in [0.2, 0.25) is 0 Å². The molecule has 0 atom stereocenters. The Morgan fingerprint density at radius 2 is 2.00 bits per heavy atom. The van der Waals surface area contributed by atoms with Gasteiger partial charge in [-0.2, -0.15) is 0 Å². The second-order valence-corrected chi connectivity index (χ2v) is 3.10. The minimum Gasteiger partial charge on any atom is -0.504 e. The third-order valence-corrected chi connectivity index (χ3v) is 2.16. The number of hydrogen-bond acceptors (Lipinski definition) is 5. The summed E-state index contributed by atoms with van der Waals surface area (Å²) in [6.07, 6.45) is 0. The smallest absolute Gasteiger partial charge is 0.351 e. The van der Waals surface area contributed by atoms with Crippen LogP contribution in [-0.4, -0.2) is 18.2 Å². The van der Waals surface area contributed by atoms with Crippen LogP contribution in [0.25, 0.3) is 11.3 Å². The molecule has 1 aliphatic heterocycles. The maximum atomic E-state index is 11.4. The van der Waals surface area contributed by atoms with Crippen molar-refractivity contribution in [3.8, 4) is 17.1 Å². The molecule has 0 aromatic heterocycles. The molecule has 2 aliphatic rings. The minimum atomic E-state index is -0.816. The van der Waals surface area contributed by atoms with Crippen molar-refractivity contribution in [3.63, 3.8) is 0 Å². The first-order valence-electron chi connectivity index (χ1n) is 4.48. The molecule has 0 saturated heterocycles. The maximum Gasteiger partial charge on any atom is 0.351 e. The van der Waals surface area contributed by atoms with E-state index in [0.717, 1.165) is 0 Å². The maximum absolute atomic E-state index is 11.4. The molecule has 1 N–H and O–H groups in total. The Morgan fingerprint density at radius 3 is 2.65 bits per heavy atom. The number of ether oxygens (including phenoxy) is 1. The Bertz CT molecular complexity index is 575. The summed E-state index contributed by atoms with van der Waals surface area (Å²) in [7, 11) is 1.17. The average molecular weight is 328 g/mol. The summed E-state index contributed by atoms with van der Waals surface area (Å²) in [5.41, 5.74) is -0.785. The first-order chi connectivity index (χ1) is 7.65. The molecular weight excluding hydrogens is 320 g/mol. The number of carbonyl (C=O) groups is 1. The second-order valence-electron chi connectivity index (χ2n) is 3.10. The fraction of sp³-hybridized carbons (Fsp3) is 0.0909. The largest absolute Gasteiger partial charge is 0.504 e. The molecule has 0 bridgehead atoms. The van der Waals surface area contributed by atoms with Gasteiger partial charge in [0.15, 0.2) is 17.1 Å². The van der Waals surface area contributed by atoms with Gasteiger partial charge in [-0.25, -0.2) is 9.59 Å². The fourth-order valence-electron chi connectivity index (χ4n) is 1.44. The van der Waals surface area contributed by atoms with Crippen molar-refractivity contribution in [2.45, 2.75) is 0 Å². The van der Waals surface area contributed by atoms with Crippen molar-refractivity contribution < 1.29 is 41.4 Å². The normalized spacial score (nSPS) is 9.71. The van der Waals surface area contributed by atoms with E-state index in [4.69, 9.17) is 4.42 Å². The van der Waals surface area contributed by atoms with Crippen LogP contribution in [0, 0.1) is 0 Å². The van der Waals surface area contributed by atoms with Gasteiger partial charge in [-0.15, -0.1) is 0 Å². The standard InChI is InChI=1S/C11H8O5.Ag/c1-15-10(13)8-6-4-2-3-5-7(12)9(6)16-11(8)14;/h2-5,12H,1H3;. The molecule has 0 amide bonds. The van der Waals surface area contributed by atoms with Crippen LogP contribution < -0.4 is 5.63 Å². The van der Waals surface area contributed by atoms with Crippen LogP contribution in [0.4, 0.5) is 0 Å². The summed E-state index contributed by atoms with van der Waals surface area (Å²) < 4.78 is 9.28. The van der Waals surface area contributed by atoms with Crippen LogP contribution in [0.3, 0.4) is 0 Å². The van der Waals surface area contributed by atoms with Crippen LogP contribution in [-0.2, 0) is 27.1 Å². The molecule has 0 saturated carbocycles. The van der Waals surface area contributed by atoms with E-state index in [2.05, 4.69) is 4.74 Å². The Morgan fingerprint density at radius 1 is 1.35 bits per heavy atom. The van der Waals surface area contributed by atoms with E-state index in [0.29, 0.717) is 0 Å². The van der Waals surface area contributed by atoms with Crippen LogP contribution in [0.1, 0.15) is 10.4 Å². The van der Waals surface area contributed by atoms with Gasteiger partial charge in [-0.3, -0.25) is 0 Å². The molecule has 1 aliphatic carbocycles. The predicted octanol–water partition coefficient (Wildman–Crippen LogP) is 1.23. The Hall–Kier alpha value is -1.56. The number of carbonyl (C=O) groups excluding carboxylic acids is 1. The minimum absolute atomic E-state index is 0. The molecule has 0 aromatic rings. The summed E-state index contributed by atoms with van der Waals surface area (Å²) in [5.74, 6) is -1.00. The van der Waals surface area contributed by atoms with Crippen molar-refractivity contribution in [1.82, 2.24) is 0 Å². The SMILES string of the molecule is COC(=O)c1c2ccccc(O)c-2oc1=O.[Ag]. The third kappa shape index (κ3) is 2.26. The van der Waals surface area contributed by atoms with E-state index < -0.39 is 11.6 Å². The zero-order valence-corrected chi connectivity index (χ0v) is 10.2. The topological polar surface area (TPSA) is 76.7 Å². The molecule has 0 spiro atoms. The summed E-state index contributed by atoms with van der Waals surface area (Å²) in [5, 5.41) is 9.54. The molecule has 1 radical (unpaired) electrons. The third-order valence-electron chi connectivity index (χ3n) is 2.16. The average Bonchev–Trinajstić information content (AvgIpc) is 2.50. The first-order valence-corrected chi connectivity index (χ1v) is 4.48. The van der Waals surface area contributed by atoms with E-state index >= 15 is 0 Å². The van der Waals surface area contributed by atoms with Gasteiger partial charge in [0.2, 0.25) is 0 Å². The molecular formula is C11H8AgO5. The molecule has 6 heteroatoms. The van der Waals surface area contributed by atoms with E-state index in [1.54, 1.807) is 12.1 Å². The second kappa shape index (κ2) is 5.18. The Labute approximate surface area is 112 Å². The predicted molar refractivity (Wildman–Crippen MR) is 54.6 cm³/mol. The van der Waals surface area contributed by atoms with Crippen LogP contribution in [0.5, 0.6) is 5.75 Å². The zero-order chi connectivity index (χ0) is 11.7. The number of hydrogen-bond donors (Lipinski definition) is 1. The molecule has 5 nitrogen and oxygen atoms in total. The van der Waals surface area contributed by atoms with Gasteiger partial charge in [0.05, 0.1) is 7.11 Å². The van der Waals surface area contributed by atoms with E-state index in [9.17, 15) is 14.7 Å². The molecule has 93 valence electrons. The monoisotopic (exact) mass is 327 g/mol. The number of rotatable bonds is 1. The van der Waals surface area contributed by atoms with E-state index in [-0.39, 0.29) is 45.0 Å². The summed E-state index contributed by atoms with van der Waals surface area (Å²) >= 11 is 0. The Kier molecular flexibility index (Phi) is 4.12. The summed E-state index contributed by atoms with van der Waals surface area (Å²) in [4.78, 5) is 22.8. The van der Waals surface area contributed by atoms with Crippen molar-refractivity contribution in [2.24, 2.45) is 0 Å². The molecule has 0 aromatic carbocycles. The van der Waals surface area contributed by atoms with Gasteiger partial charge in [0, 0.05) is 27.9 Å². The number of furan rings is 1. The quantitative estimate of drug-likeness (QED) is 0.629. The number of fused-ring (bicyclic) bond motifs is 1. The van der Waals surface area contributed by atoms with Gasteiger partial charge in [-0.1, -0.05) is 12.1 Å². The van der Waals surface area contributed by atoms with Gasteiger partial charge in [-0.05, 0) is 12.1 Å². The van der Waals surface area contributed by atoms with Gasteiger partial charge in [0.25, 0.3) is 0 Å². The number of aromatic hydroxyl groups is 1. The van der Waals surface area contributed by atoms with Crippen molar-refractivity contribution in [3.05, 3.63) is 40.2 Å². The summed E-state index contributed by atoms with van der Waals surface area (Å²) in [6, 6.07) is 6.03. The van der Waals surface area contributed by atoms with Crippen LogP contribution >= 0.6 is 0 Å². The van der Waals surface area contributed by atoms with E-state index in [1.165, 1.54) is 19.2 Å². The van der Waals surface area contributed by atoms with Crippen LogP contribution in [0.15, 0.2) is 33.5 Å². The number of methoxy groups -OCH3 is 1. The summed E-state index contributed by atoms with van der Waals surface area (Å²) in [6.45, 7) is 0. The van der Waals surface area contributed by atoms with E-state index in [1.807, 2.05) is 0 Å². The molecule has 0 fully saturated rings. The fourth-order valence-corrected chi connectivity index (χ4v) is 1.44. The Balaban J connectivity index is 0.00000144. The van der Waals surface area contributed by atoms with Gasteiger partial charge >= 0.3 is 11.6 Å². The zero-order valence-electron chi connectivity index (χ0n) is 8.69. The van der Waals surface area contributed by atoms with Gasteiger partial charge in [0.1, 0.15) is 0 Å². The van der Waals surface area contributed by atoms with Crippen molar-refractivity contribution >= 4 is 5.97 Å². The van der Waals surface area contributed by atoms with Crippen molar-refractivity contribution in [1.29, 1.82) is 0 Å². The molecule has 0 unspecified atom stereocenters. The first kappa shape index (κ1) is 13.5. The van der Waals surface area contributed by atoms with Gasteiger partial charge < -0.3 is 14.3 Å². The molecule has 1 heterocycles.